The van der Waals surface area contributed by atoms with Crippen molar-refractivity contribution in [1.82, 2.24) is 0 Å². The van der Waals surface area contributed by atoms with E-state index in [0.29, 0.717) is 0 Å². The van der Waals surface area contributed by atoms with Gasteiger partial charge in [0.25, 0.3) is 0 Å². The summed E-state index contributed by atoms with van der Waals surface area (Å²) in [5, 5.41) is 26.8. The number of rotatable bonds is 2. The van der Waals surface area contributed by atoms with Gasteiger partial charge in [0, 0.05) is 12.0 Å². The second-order valence-electron chi connectivity index (χ2n) is 2.92. The predicted molar refractivity (Wildman–Crippen MR) is 55.6 cm³/mol. The summed E-state index contributed by atoms with van der Waals surface area (Å²) in [5.74, 6) is -3.47. The summed E-state index contributed by atoms with van der Waals surface area (Å²) in [6.07, 6.45) is 4.21. The van der Waals surface area contributed by atoms with Gasteiger partial charge in [0.1, 0.15) is 4.86 Å². The summed E-state index contributed by atoms with van der Waals surface area (Å²) in [5.41, 5.74) is 0. The minimum absolute atomic E-state index is 0.461. The molecule has 1 unspecified atom stereocenters. The smallest absolute Gasteiger partial charge is 0.328 e. The average molecular weight is 244 g/mol. The van der Waals surface area contributed by atoms with Gasteiger partial charge in [-0.15, -0.1) is 0 Å². The van der Waals surface area contributed by atoms with Gasteiger partial charge in [0.05, 0.1) is 0 Å². The Morgan fingerprint density at radius 1 is 1.38 bits per heavy atom. The van der Waals surface area contributed by atoms with Gasteiger partial charge in [0.15, 0.2) is 11.5 Å². The molecule has 1 atom stereocenters. The molecule has 0 spiro atoms. The van der Waals surface area contributed by atoms with Crippen LogP contribution in [0.15, 0.2) is 35.8 Å². The second kappa shape index (κ2) is 4.67. The lowest BCUT2D eigenvalue weighted by molar-refractivity contribution is -0.131. The van der Waals surface area contributed by atoms with E-state index < -0.39 is 38.6 Å². The molecular formula is C9H8O6S. The zero-order valence-corrected chi connectivity index (χ0v) is 8.68. The van der Waals surface area contributed by atoms with E-state index in [9.17, 15) is 18.3 Å². The van der Waals surface area contributed by atoms with Gasteiger partial charge >= 0.3 is 5.97 Å². The minimum atomic E-state index is -2.74. The van der Waals surface area contributed by atoms with Gasteiger partial charge in [-0.2, -0.15) is 8.42 Å². The Labute approximate surface area is 92.0 Å². The van der Waals surface area contributed by atoms with Crippen LogP contribution in [0.1, 0.15) is 0 Å². The number of aliphatic hydroxyl groups excluding tert-OH is 2. The highest BCUT2D eigenvalue weighted by Crippen LogP contribution is 2.18. The monoisotopic (exact) mass is 244 g/mol. The Bertz CT molecular complexity index is 524. The third kappa shape index (κ3) is 2.51. The molecule has 3 N–H and O–H groups in total. The molecule has 0 saturated carbocycles. The van der Waals surface area contributed by atoms with E-state index in [1.165, 1.54) is 6.08 Å². The van der Waals surface area contributed by atoms with Crippen molar-refractivity contribution < 1.29 is 28.5 Å². The SMILES string of the molecule is O=C(O)/C=C/C1C=CC(O)=C(O)C1=S(=O)=O. The van der Waals surface area contributed by atoms with Crippen LogP contribution in [0.25, 0.3) is 0 Å². The van der Waals surface area contributed by atoms with Gasteiger partial charge in [-0.05, 0) is 6.08 Å². The van der Waals surface area contributed by atoms with E-state index in [2.05, 4.69) is 0 Å². The van der Waals surface area contributed by atoms with Crippen molar-refractivity contribution >= 4 is 21.1 Å². The number of allylic oxidation sites excluding steroid dienone is 4. The average Bonchev–Trinajstić information content (AvgIpc) is 2.19. The first-order valence-electron chi connectivity index (χ1n) is 4.11. The minimum Gasteiger partial charge on any atom is -0.504 e. The van der Waals surface area contributed by atoms with Crippen molar-refractivity contribution in [2.24, 2.45) is 5.92 Å². The molecule has 1 aliphatic carbocycles. The number of hydrogen-bond acceptors (Lipinski definition) is 5. The maximum atomic E-state index is 10.8. The van der Waals surface area contributed by atoms with E-state index in [1.54, 1.807) is 0 Å². The van der Waals surface area contributed by atoms with Crippen molar-refractivity contribution in [1.29, 1.82) is 0 Å². The van der Waals surface area contributed by atoms with Crippen LogP contribution in [0.3, 0.4) is 0 Å². The van der Waals surface area contributed by atoms with Crippen LogP contribution in [0.4, 0.5) is 0 Å². The molecule has 0 aromatic carbocycles. The van der Waals surface area contributed by atoms with E-state index in [0.717, 1.165) is 18.2 Å². The van der Waals surface area contributed by atoms with Crippen LogP contribution in [0.2, 0.25) is 0 Å². The second-order valence-corrected chi connectivity index (χ2v) is 3.82. The number of carboxylic acids is 1. The molecule has 0 radical (unpaired) electrons. The quantitative estimate of drug-likeness (QED) is 0.472. The number of aliphatic carboxylic acids is 1. The molecule has 0 saturated heterocycles. The highest BCUT2D eigenvalue weighted by Gasteiger charge is 2.23. The number of aliphatic hydroxyl groups is 2. The largest absolute Gasteiger partial charge is 0.504 e. The normalized spacial score (nSPS) is 20.5. The van der Waals surface area contributed by atoms with Crippen LogP contribution >= 0.6 is 0 Å². The fourth-order valence-electron chi connectivity index (χ4n) is 1.17. The van der Waals surface area contributed by atoms with Crippen LogP contribution in [0, 0.1) is 5.92 Å². The molecule has 0 aromatic rings. The molecule has 0 aliphatic heterocycles. The lowest BCUT2D eigenvalue weighted by Crippen LogP contribution is -2.19. The van der Waals surface area contributed by atoms with Gasteiger partial charge in [-0.25, -0.2) is 4.79 Å². The summed E-state index contributed by atoms with van der Waals surface area (Å²) in [7, 11) is -2.74. The first-order chi connectivity index (χ1) is 7.43. The predicted octanol–water partition coefficient (Wildman–Crippen LogP) is 0.192. The molecular weight excluding hydrogens is 236 g/mol. The van der Waals surface area contributed by atoms with Crippen LogP contribution in [0.5, 0.6) is 0 Å². The molecule has 7 heteroatoms. The van der Waals surface area contributed by atoms with Gasteiger partial charge in [0.2, 0.25) is 10.3 Å². The van der Waals surface area contributed by atoms with Crippen molar-refractivity contribution in [3.8, 4) is 0 Å². The van der Waals surface area contributed by atoms with Crippen molar-refractivity contribution in [2.45, 2.75) is 0 Å². The highest BCUT2D eigenvalue weighted by atomic mass is 32.2. The Hall–Kier alpha value is -2.02. The Balaban J connectivity index is 3.22. The molecule has 0 amide bonds. The molecule has 0 fully saturated rings. The third-order valence-electron chi connectivity index (χ3n) is 1.87. The fraction of sp³-hybridized carbons (Fsp3) is 0.111. The topological polar surface area (TPSA) is 112 Å². The lowest BCUT2D eigenvalue weighted by atomic mass is 9.98. The summed E-state index contributed by atoms with van der Waals surface area (Å²) in [6.45, 7) is 0. The Kier molecular flexibility index (Phi) is 3.51. The first-order valence-corrected chi connectivity index (χ1v) is 5.19. The van der Waals surface area contributed by atoms with Crippen LogP contribution < -0.4 is 0 Å². The summed E-state index contributed by atoms with van der Waals surface area (Å²) in [6, 6.07) is 0. The summed E-state index contributed by atoms with van der Waals surface area (Å²) >= 11 is 0. The molecule has 16 heavy (non-hydrogen) atoms. The molecule has 86 valence electrons. The molecule has 1 aliphatic rings. The van der Waals surface area contributed by atoms with E-state index in [1.807, 2.05) is 0 Å². The van der Waals surface area contributed by atoms with Gasteiger partial charge in [-0.3, -0.25) is 0 Å². The highest BCUT2D eigenvalue weighted by molar-refractivity contribution is 7.73. The van der Waals surface area contributed by atoms with E-state index >= 15 is 0 Å². The first kappa shape index (κ1) is 12.1. The van der Waals surface area contributed by atoms with Crippen LogP contribution in [-0.2, 0) is 15.1 Å². The van der Waals surface area contributed by atoms with Crippen molar-refractivity contribution in [2.75, 3.05) is 0 Å². The van der Waals surface area contributed by atoms with E-state index in [4.69, 9.17) is 10.2 Å². The van der Waals surface area contributed by atoms with Crippen LogP contribution in [-0.4, -0.2) is 34.6 Å². The van der Waals surface area contributed by atoms with Crippen molar-refractivity contribution in [3.63, 3.8) is 0 Å². The number of carbonyl (C=O) groups is 1. The lowest BCUT2D eigenvalue weighted by Gasteiger charge is -2.13. The molecule has 6 nitrogen and oxygen atoms in total. The summed E-state index contributed by atoms with van der Waals surface area (Å²) < 4.78 is 21.6. The zero-order chi connectivity index (χ0) is 12.3. The third-order valence-corrected chi connectivity index (χ3v) is 2.69. The fourth-order valence-corrected chi connectivity index (χ4v) is 1.81. The Morgan fingerprint density at radius 2 is 2.00 bits per heavy atom. The molecule has 0 heterocycles. The van der Waals surface area contributed by atoms with E-state index in [-0.39, 0.29) is 0 Å². The maximum Gasteiger partial charge on any atom is 0.328 e. The zero-order valence-electron chi connectivity index (χ0n) is 7.86. The van der Waals surface area contributed by atoms with Crippen molar-refractivity contribution in [3.05, 3.63) is 35.8 Å². The number of carboxylic acid groups (broad SMARTS) is 1. The molecule has 1 rings (SSSR count). The summed E-state index contributed by atoms with van der Waals surface area (Å²) in [4.78, 5) is 9.81. The maximum absolute atomic E-state index is 10.8. The number of hydrogen-bond donors (Lipinski definition) is 3. The molecule has 0 aromatic heterocycles. The van der Waals surface area contributed by atoms with Gasteiger partial charge in [-0.1, -0.05) is 12.2 Å². The van der Waals surface area contributed by atoms with Gasteiger partial charge < -0.3 is 15.3 Å². The Morgan fingerprint density at radius 3 is 2.50 bits per heavy atom. The molecule has 0 bridgehead atoms. The standard InChI is InChI=1S/C9H8O6S/c10-6-3-1-5(2-4-7(11)12)9(8(6)13)16(14)15/h1-5,10,13H,(H,11,12)/b4-2+.